The summed E-state index contributed by atoms with van der Waals surface area (Å²) in [6.45, 7) is 9.02. The second-order valence-electron chi connectivity index (χ2n) is 4.17. The van der Waals surface area contributed by atoms with Crippen molar-refractivity contribution in [2.24, 2.45) is 5.10 Å². The molecular formula is C15H18N2O2. The summed E-state index contributed by atoms with van der Waals surface area (Å²) in [5.74, 6) is -0.170. The highest BCUT2D eigenvalue weighted by molar-refractivity contribution is 5.96. The number of carbonyl (C=O) groups is 1. The lowest BCUT2D eigenvalue weighted by molar-refractivity contribution is -0.117. The molecule has 0 unspecified atom stereocenters. The summed E-state index contributed by atoms with van der Waals surface area (Å²) in [6, 6.07) is 3.67. The quantitative estimate of drug-likeness (QED) is 0.377. The van der Waals surface area contributed by atoms with Gasteiger partial charge >= 0.3 is 0 Å². The van der Waals surface area contributed by atoms with Crippen LogP contribution in [0, 0.1) is 13.8 Å². The maximum Gasteiger partial charge on any atom is 0.271 e. The summed E-state index contributed by atoms with van der Waals surface area (Å²) < 4.78 is 0. The second kappa shape index (κ2) is 6.54. The van der Waals surface area contributed by atoms with E-state index in [9.17, 15) is 9.90 Å². The standard InChI is InChI=1S/C15H18N2O2/c1-5-12(6-2)15(19)17-16-9-13-8-10(3)7-11(4)14(13)18/h5-9,18H,1H2,2-4H3,(H,17,19)/b12-6+,16-9+. The Labute approximate surface area is 113 Å². The van der Waals surface area contributed by atoms with Gasteiger partial charge in [-0.15, -0.1) is 0 Å². The van der Waals surface area contributed by atoms with Gasteiger partial charge in [-0.25, -0.2) is 5.43 Å². The van der Waals surface area contributed by atoms with Gasteiger partial charge in [0.25, 0.3) is 5.91 Å². The number of nitrogens with zero attached hydrogens (tertiary/aromatic N) is 1. The number of phenolic OH excluding ortho intramolecular Hbond substituents is 1. The highest BCUT2D eigenvalue weighted by Gasteiger charge is 2.04. The van der Waals surface area contributed by atoms with Crippen LogP contribution in [-0.4, -0.2) is 17.2 Å². The molecule has 0 aliphatic rings. The number of allylic oxidation sites excluding steroid dienone is 1. The fraction of sp³-hybridized carbons (Fsp3) is 0.200. The molecule has 0 aliphatic heterocycles. The Hall–Kier alpha value is -2.36. The zero-order valence-corrected chi connectivity index (χ0v) is 11.4. The van der Waals surface area contributed by atoms with Crippen molar-refractivity contribution in [1.29, 1.82) is 0 Å². The molecule has 19 heavy (non-hydrogen) atoms. The van der Waals surface area contributed by atoms with Gasteiger partial charge in [-0.1, -0.05) is 24.8 Å². The van der Waals surface area contributed by atoms with E-state index >= 15 is 0 Å². The Morgan fingerprint density at radius 3 is 2.68 bits per heavy atom. The van der Waals surface area contributed by atoms with Gasteiger partial charge in [-0.05, 0) is 38.0 Å². The molecule has 0 aliphatic carbocycles. The molecule has 0 atom stereocenters. The van der Waals surface area contributed by atoms with E-state index in [1.165, 1.54) is 12.3 Å². The second-order valence-corrected chi connectivity index (χ2v) is 4.17. The molecule has 1 rings (SSSR count). The van der Waals surface area contributed by atoms with Crippen LogP contribution in [0.2, 0.25) is 0 Å². The molecule has 0 fully saturated rings. The summed E-state index contributed by atoms with van der Waals surface area (Å²) in [6.07, 6.45) is 4.52. The number of nitrogens with one attached hydrogen (secondary N) is 1. The fourth-order valence-electron chi connectivity index (χ4n) is 1.66. The molecule has 0 saturated heterocycles. The molecule has 1 aromatic rings. The first-order valence-electron chi connectivity index (χ1n) is 5.92. The Morgan fingerprint density at radius 2 is 2.11 bits per heavy atom. The van der Waals surface area contributed by atoms with Crippen LogP contribution in [0.3, 0.4) is 0 Å². The molecule has 4 nitrogen and oxygen atoms in total. The summed E-state index contributed by atoms with van der Waals surface area (Å²) in [5, 5.41) is 13.7. The third kappa shape index (κ3) is 3.81. The van der Waals surface area contributed by atoms with Crippen LogP contribution in [0.15, 0.2) is 41.5 Å². The minimum absolute atomic E-state index is 0.165. The van der Waals surface area contributed by atoms with Crippen LogP contribution in [0.25, 0.3) is 0 Å². The molecule has 0 spiro atoms. The van der Waals surface area contributed by atoms with Crippen molar-refractivity contribution in [3.63, 3.8) is 0 Å². The largest absolute Gasteiger partial charge is 0.507 e. The number of hydrogen-bond acceptors (Lipinski definition) is 3. The zero-order valence-electron chi connectivity index (χ0n) is 11.4. The van der Waals surface area contributed by atoms with E-state index in [1.54, 1.807) is 19.1 Å². The smallest absolute Gasteiger partial charge is 0.271 e. The molecule has 0 aromatic heterocycles. The maximum atomic E-state index is 11.6. The summed E-state index contributed by atoms with van der Waals surface area (Å²) in [5.41, 5.74) is 5.18. The number of benzene rings is 1. The van der Waals surface area contributed by atoms with Crippen LogP contribution in [0.1, 0.15) is 23.6 Å². The molecule has 0 saturated carbocycles. The monoisotopic (exact) mass is 258 g/mol. The van der Waals surface area contributed by atoms with Crippen LogP contribution in [0.4, 0.5) is 0 Å². The van der Waals surface area contributed by atoms with E-state index in [4.69, 9.17) is 0 Å². The van der Waals surface area contributed by atoms with Gasteiger partial charge in [-0.3, -0.25) is 4.79 Å². The molecular weight excluding hydrogens is 240 g/mol. The summed E-state index contributed by atoms with van der Waals surface area (Å²) in [7, 11) is 0. The number of hydrogen-bond donors (Lipinski definition) is 2. The van der Waals surface area contributed by atoms with Gasteiger partial charge in [0.1, 0.15) is 5.75 Å². The van der Waals surface area contributed by atoms with E-state index in [2.05, 4.69) is 17.1 Å². The lowest BCUT2D eigenvalue weighted by atomic mass is 10.1. The molecule has 4 heteroatoms. The van der Waals surface area contributed by atoms with Gasteiger partial charge in [-0.2, -0.15) is 5.10 Å². The predicted molar refractivity (Wildman–Crippen MR) is 77.3 cm³/mol. The zero-order chi connectivity index (χ0) is 14.4. The van der Waals surface area contributed by atoms with Crippen molar-refractivity contribution in [3.05, 3.63) is 53.1 Å². The maximum absolute atomic E-state index is 11.6. The van der Waals surface area contributed by atoms with Crippen molar-refractivity contribution >= 4 is 12.1 Å². The number of carbonyl (C=O) groups excluding carboxylic acids is 1. The Kier molecular flexibility index (Phi) is 5.06. The van der Waals surface area contributed by atoms with Gasteiger partial charge < -0.3 is 5.11 Å². The lowest BCUT2D eigenvalue weighted by Gasteiger charge is -2.05. The van der Waals surface area contributed by atoms with Crippen molar-refractivity contribution in [3.8, 4) is 5.75 Å². The summed E-state index contributed by atoms with van der Waals surface area (Å²) in [4.78, 5) is 11.6. The Bertz CT molecular complexity index is 558. The molecule has 0 heterocycles. The first kappa shape index (κ1) is 14.7. The van der Waals surface area contributed by atoms with E-state index < -0.39 is 0 Å². The minimum atomic E-state index is -0.336. The topological polar surface area (TPSA) is 61.7 Å². The first-order valence-corrected chi connectivity index (χ1v) is 5.92. The average Bonchev–Trinajstić information content (AvgIpc) is 2.36. The van der Waals surface area contributed by atoms with Crippen molar-refractivity contribution in [1.82, 2.24) is 5.43 Å². The van der Waals surface area contributed by atoms with Gasteiger partial charge in [0.2, 0.25) is 0 Å². The Balaban J connectivity index is 2.84. The normalized spacial score (nSPS) is 11.6. The van der Waals surface area contributed by atoms with Crippen LogP contribution < -0.4 is 5.43 Å². The van der Waals surface area contributed by atoms with Crippen molar-refractivity contribution in [2.45, 2.75) is 20.8 Å². The van der Waals surface area contributed by atoms with E-state index in [1.807, 2.05) is 19.9 Å². The third-order valence-electron chi connectivity index (χ3n) is 2.64. The average molecular weight is 258 g/mol. The minimum Gasteiger partial charge on any atom is -0.507 e. The summed E-state index contributed by atoms with van der Waals surface area (Å²) >= 11 is 0. The number of aromatic hydroxyl groups is 1. The SMILES string of the molecule is C=C/C(=C\C)C(=O)N/N=C/c1cc(C)cc(C)c1O. The van der Waals surface area contributed by atoms with Gasteiger partial charge in [0.05, 0.1) is 6.21 Å². The molecule has 1 amide bonds. The fourth-order valence-corrected chi connectivity index (χ4v) is 1.66. The van der Waals surface area contributed by atoms with E-state index in [0.717, 1.165) is 11.1 Å². The lowest BCUT2D eigenvalue weighted by Crippen LogP contribution is -2.18. The number of aryl methyl sites for hydroxylation is 2. The van der Waals surface area contributed by atoms with Crippen LogP contribution in [0.5, 0.6) is 5.75 Å². The van der Waals surface area contributed by atoms with E-state index in [-0.39, 0.29) is 11.7 Å². The molecule has 0 radical (unpaired) electrons. The number of amides is 1. The van der Waals surface area contributed by atoms with Crippen LogP contribution >= 0.6 is 0 Å². The molecule has 0 bridgehead atoms. The van der Waals surface area contributed by atoms with Gasteiger partial charge in [0.15, 0.2) is 0 Å². The van der Waals surface area contributed by atoms with E-state index in [0.29, 0.717) is 11.1 Å². The number of phenols is 1. The van der Waals surface area contributed by atoms with Crippen molar-refractivity contribution in [2.75, 3.05) is 0 Å². The van der Waals surface area contributed by atoms with Crippen molar-refractivity contribution < 1.29 is 9.90 Å². The highest BCUT2D eigenvalue weighted by atomic mass is 16.3. The third-order valence-corrected chi connectivity index (χ3v) is 2.64. The van der Waals surface area contributed by atoms with Crippen LogP contribution in [-0.2, 0) is 4.79 Å². The first-order chi connectivity index (χ1) is 8.99. The highest BCUT2D eigenvalue weighted by Crippen LogP contribution is 2.21. The Morgan fingerprint density at radius 1 is 1.42 bits per heavy atom. The number of hydrazone groups is 1. The van der Waals surface area contributed by atoms with Gasteiger partial charge in [0, 0.05) is 11.1 Å². The predicted octanol–water partition coefficient (Wildman–Crippen LogP) is 2.59. The molecule has 1 aromatic carbocycles. The molecule has 2 N–H and O–H groups in total. The number of rotatable bonds is 4. The molecule has 100 valence electrons.